The summed E-state index contributed by atoms with van der Waals surface area (Å²) in [5.74, 6) is 0. The highest BCUT2D eigenvalue weighted by atomic mass is 15.1. The lowest BCUT2D eigenvalue weighted by Gasteiger charge is -2.14. The molecule has 2 aromatic rings. The summed E-state index contributed by atoms with van der Waals surface area (Å²) in [4.78, 5) is 5.12. The molecule has 3 heteroatoms. The molecule has 0 radical (unpaired) electrons. The highest BCUT2D eigenvalue weighted by Gasteiger charge is 2.13. The summed E-state index contributed by atoms with van der Waals surface area (Å²) in [6.45, 7) is 8.28. The second-order valence-electron chi connectivity index (χ2n) is 7.48. The number of hydrogen-bond acceptors (Lipinski definition) is 2. The van der Waals surface area contributed by atoms with E-state index in [2.05, 4.69) is 57.1 Å². The first-order valence-corrected chi connectivity index (χ1v) is 9.52. The molecule has 1 aromatic heterocycles. The lowest BCUT2D eigenvalue weighted by Crippen LogP contribution is -2.18. The van der Waals surface area contributed by atoms with E-state index in [0.717, 1.165) is 19.6 Å². The van der Waals surface area contributed by atoms with Crippen LogP contribution in [0.1, 0.15) is 42.4 Å². The zero-order valence-corrected chi connectivity index (χ0v) is 14.7. The minimum Gasteiger partial charge on any atom is -0.350 e. The number of rotatable bonds is 6. The maximum Gasteiger partial charge on any atom is 0.0470 e. The van der Waals surface area contributed by atoms with Gasteiger partial charge in [0.05, 0.1) is 0 Å². The van der Waals surface area contributed by atoms with Crippen LogP contribution in [-0.2, 0) is 19.6 Å². The van der Waals surface area contributed by atoms with Crippen molar-refractivity contribution in [2.75, 3.05) is 26.2 Å². The number of aromatic nitrogens is 1. The molecular weight excluding hydrogens is 294 g/mol. The van der Waals surface area contributed by atoms with Gasteiger partial charge >= 0.3 is 0 Å². The smallest absolute Gasteiger partial charge is 0.0470 e. The van der Waals surface area contributed by atoms with Crippen molar-refractivity contribution in [3.05, 3.63) is 59.4 Å². The van der Waals surface area contributed by atoms with Crippen molar-refractivity contribution in [2.45, 2.75) is 45.3 Å². The van der Waals surface area contributed by atoms with Crippen molar-refractivity contribution < 1.29 is 0 Å². The Balaban J connectivity index is 1.32. The Morgan fingerprint density at radius 3 is 1.67 bits per heavy atom. The van der Waals surface area contributed by atoms with E-state index in [4.69, 9.17) is 0 Å². The Morgan fingerprint density at radius 2 is 1.08 bits per heavy atom. The van der Waals surface area contributed by atoms with Crippen LogP contribution in [0.2, 0.25) is 0 Å². The summed E-state index contributed by atoms with van der Waals surface area (Å²) in [5, 5.41) is 0. The fourth-order valence-electron chi connectivity index (χ4n) is 4.04. The Kier molecular flexibility index (Phi) is 5.00. The molecule has 0 unspecified atom stereocenters. The third kappa shape index (κ3) is 4.08. The molecule has 0 atom stereocenters. The normalized spacial score (nSPS) is 19.3. The minimum absolute atomic E-state index is 0.976. The van der Waals surface area contributed by atoms with E-state index >= 15 is 0 Å². The molecule has 3 nitrogen and oxygen atoms in total. The average Bonchev–Trinajstić information content (AvgIpc) is 3.34. The van der Waals surface area contributed by atoms with Gasteiger partial charge in [-0.3, -0.25) is 9.80 Å². The Bertz CT molecular complexity index is 631. The summed E-state index contributed by atoms with van der Waals surface area (Å²) >= 11 is 0. The summed E-state index contributed by atoms with van der Waals surface area (Å²) in [7, 11) is 0. The van der Waals surface area contributed by atoms with Gasteiger partial charge in [0.2, 0.25) is 0 Å². The van der Waals surface area contributed by atoms with E-state index in [1.165, 1.54) is 68.6 Å². The van der Waals surface area contributed by atoms with Gasteiger partial charge in [-0.1, -0.05) is 24.3 Å². The van der Waals surface area contributed by atoms with E-state index in [9.17, 15) is 0 Å². The van der Waals surface area contributed by atoms with Gasteiger partial charge in [0.1, 0.15) is 0 Å². The van der Waals surface area contributed by atoms with Crippen LogP contribution in [0.15, 0.2) is 42.7 Å². The average molecular weight is 323 g/mol. The molecule has 24 heavy (non-hydrogen) atoms. The van der Waals surface area contributed by atoms with E-state index in [-0.39, 0.29) is 0 Å². The molecule has 0 aliphatic carbocycles. The SMILES string of the molecule is c1cc(Cn2ccc(CN3CCCC3)c2)ccc1CN1CCCC1. The zero-order valence-electron chi connectivity index (χ0n) is 14.7. The van der Waals surface area contributed by atoms with Gasteiger partial charge in [-0.2, -0.15) is 0 Å². The Hall–Kier alpha value is -1.58. The quantitative estimate of drug-likeness (QED) is 0.802. The van der Waals surface area contributed by atoms with Crippen molar-refractivity contribution in [1.29, 1.82) is 0 Å². The van der Waals surface area contributed by atoms with E-state index < -0.39 is 0 Å². The molecule has 0 N–H and O–H groups in total. The monoisotopic (exact) mass is 323 g/mol. The second-order valence-corrected chi connectivity index (χ2v) is 7.48. The van der Waals surface area contributed by atoms with Crippen LogP contribution in [-0.4, -0.2) is 40.5 Å². The van der Waals surface area contributed by atoms with Crippen molar-refractivity contribution in [1.82, 2.24) is 14.4 Å². The van der Waals surface area contributed by atoms with E-state index in [1.807, 2.05) is 0 Å². The van der Waals surface area contributed by atoms with Gasteiger partial charge in [-0.25, -0.2) is 0 Å². The molecule has 3 heterocycles. The molecule has 2 fully saturated rings. The topological polar surface area (TPSA) is 11.4 Å². The first kappa shape index (κ1) is 15.9. The lowest BCUT2D eigenvalue weighted by molar-refractivity contribution is 0.331. The number of likely N-dealkylation sites (tertiary alicyclic amines) is 2. The van der Waals surface area contributed by atoms with Gasteiger partial charge in [-0.05, 0) is 74.6 Å². The highest BCUT2D eigenvalue weighted by molar-refractivity contribution is 5.23. The standard InChI is InChI=1S/C21H29N3/c1-2-11-22(10-1)15-19-5-7-20(8-6-19)16-24-14-9-21(18-24)17-23-12-3-4-13-23/h5-9,14,18H,1-4,10-13,15-17H2. The summed E-state index contributed by atoms with van der Waals surface area (Å²) < 4.78 is 2.32. The second kappa shape index (κ2) is 7.54. The molecule has 0 spiro atoms. The molecule has 4 rings (SSSR count). The highest BCUT2D eigenvalue weighted by Crippen LogP contribution is 2.16. The summed E-state index contributed by atoms with van der Waals surface area (Å²) in [6, 6.07) is 11.5. The van der Waals surface area contributed by atoms with Crippen LogP contribution < -0.4 is 0 Å². The van der Waals surface area contributed by atoms with Crippen molar-refractivity contribution >= 4 is 0 Å². The van der Waals surface area contributed by atoms with Crippen LogP contribution >= 0.6 is 0 Å². The van der Waals surface area contributed by atoms with Gasteiger partial charge in [0.25, 0.3) is 0 Å². The van der Waals surface area contributed by atoms with Crippen LogP contribution in [0, 0.1) is 0 Å². The number of hydrogen-bond donors (Lipinski definition) is 0. The Morgan fingerprint density at radius 1 is 0.583 bits per heavy atom. The molecule has 128 valence electrons. The molecule has 0 amide bonds. The predicted molar refractivity (Wildman–Crippen MR) is 99.0 cm³/mol. The summed E-state index contributed by atoms with van der Waals surface area (Å²) in [6.07, 6.45) is 10.0. The van der Waals surface area contributed by atoms with Crippen LogP contribution in [0.25, 0.3) is 0 Å². The first-order valence-electron chi connectivity index (χ1n) is 9.52. The molecule has 2 aliphatic rings. The maximum absolute atomic E-state index is 2.56. The maximum atomic E-state index is 2.56. The molecule has 0 bridgehead atoms. The molecule has 1 aromatic carbocycles. The largest absolute Gasteiger partial charge is 0.350 e. The fraction of sp³-hybridized carbons (Fsp3) is 0.524. The van der Waals surface area contributed by atoms with Crippen LogP contribution in [0.4, 0.5) is 0 Å². The van der Waals surface area contributed by atoms with Crippen LogP contribution in [0.3, 0.4) is 0 Å². The third-order valence-corrected chi connectivity index (χ3v) is 5.41. The molecule has 2 aliphatic heterocycles. The first-order chi connectivity index (χ1) is 11.8. The van der Waals surface area contributed by atoms with Crippen molar-refractivity contribution in [3.8, 4) is 0 Å². The van der Waals surface area contributed by atoms with Gasteiger partial charge in [0, 0.05) is 32.0 Å². The number of nitrogens with zero attached hydrogens (tertiary/aromatic N) is 3. The van der Waals surface area contributed by atoms with Gasteiger partial charge in [-0.15, -0.1) is 0 Å². The van der Waals surface area contributed by atoms with Crippen molar-refractivity contribution in [2.24, 2.45) is 0 Å². The molecule has 0 saturated carbocycles. The van der Waals surface area contributed by atoms with Crippen molar-refractivity contribution in [3.63, 3.8) is 0 Å². The lowest BCUT2D eigenvalue weighted by atomic mass is 10.1. The number of benzene rings is 1. The fourth-order valence-corrected chi connectivity index (χ4v) is 4.04. The van der Waals surface area contributed by atoms with Gasteiger partial charge in [0.15, 0.2) is 0 Å². The van der Waals surface area contributed by atoms with E-state index in [1.54, 1.807) is 0 Å². The van der Waals surface area contributed by atoms with Crippen LogP contribution in [0.5, 0.6) is 0 Å². The Labute approximate surface area is 145 Å². The minimum atomic E-state index is 0.976. The third-order valence-electron chi connectivity index (χ3n) is 5.41. The summed E-state index contributed by atoms with van der Waals surface area (Å²) in [5.41, 5.74) is 4.29. The zero-order chi connectivity index (χ0) is 16.2. The van der Waals surface area contributed by atoms with E-state index in [0.29, 0.717) is 0 Å². The predicted octanol–water partition coefficient (Wildman–Crippen LogP) is 3.73. The molecule has 2 saturated heterocycles. The molecular formula is C21H29N3. The van der Waals surface area contributed by atoms with Gasteiger partial charge < -0.3 is 4.57 Å².